The molecule has 3 rings (SSSR count). The second kappa shape index (κ2) is 8.59. The highest BCUT2D eigenvalue weighted by atomic mass is 32.1. The number of aromatic nitrogens is 1. The topological polar surface area (TPSA) is 68.7 Å². The lowest BCUT2D eigenvalue weighted by molar-refractivity contribution is -0.0768. The number of carbonyl (C=O) groups is 1. The number of rotatable bonds is 5. The quantitative estimate of drug-likeness (QED) is 0.772. The first kappa shape index (κ1) is 21.4. The fourth-order valence-corrected chi connectivity index (χ4v) is 4.96. The van der Waals surface area contributed by atoms with Gasteiger partial charge in [-0.25, -0.2) is 13.8 Å². The zero-order chi connectivity index (χ0) is 20.4. The summed E-state index contributed by atoms with van der Waals surface area (Å²) in [5, 5.41) is 14.9. The first-order chi connectivity index (χ1) is 13.2. The van der Waals surface area contributed by atoms with Crippen LogP contribution in [0.25, 0.3) is 0 Å². The highest BCUT2D eigenvalue weighted by molar-refractivity contribution is 7.17. The number of aryl methyl sites for hydroxylation is 1. The Bertz CT molecular complexity index is 689. The maximum absolute atomic E-state index is 13.4. The molecule has 0 saturated carbocycles. The van der Waals surface area contributed by atoms with Gasteiger partial charge in [0.25, 0.3) is 11.8 Å². The van der Waals surface area contributed by atoms with Crippen LogP contribution < -0.4 is 5.32 Å². The molecule has 0 aliphatic carbocycles. The molecule has 1 atom stereocenters. The number of thiazole rings is 1. The second-order valence-electron chi connectivity index (χ2n) is 7.97. The minimum absolute atomic E-state index is 0.0407. The van der Waals surface area contributed by atoms with Crippen LogP contribution in [-0.4, -0.2) is 76.6 Å². The summed E-state index contributed by atoms with van der Waals surface area (Å²) in [5.41, 5.74) is -0.209. The van der Waals surface area contributed by atoms with E-state index in [1.807, 2.05) is 18.7 Å². The van der Waals surface area contributed by atoms with E-state index in [1.54, 1.807) is 4.90 Å². The maximum atomic E-state index is 13.4. The number of β-amino-alcohol motifs (C(OH)–C–C–N with tert-alkyl or cyclic N) is 1. The third-order valence-electron chi connectivity index (χ3n) is 5.63. The van der Waals surface area contributed by atoms with Crippen LogP contribution >= 0.6 is 11.3 Å². The number of halogens is 2. The van der Waals surface area contributed by atoms with Gasteiger partial charge in [0.05, 0.1) is 11.3 Å². The van der Waals surface area contributed by atoms with Crippen molar-refractivity contribution in [2.24, 2.45) is 0 Å². The lowest BCUT2D eigenvalue weighted by atomic mass is 9.93. The Morgan fingerprint density at radius 2 is 1.93 bits per heavy atom. The van der Waals surface area contributed by atoms with Gasteiger partial charge in [-0.1, -0.05) is 11.3 Å². The smallest absolute Gasteiger partial charge is 0.265 e. The van der Waals surface area contributed by atoms with Crippen molar-refractivity contribution in [3.05, 3.63) is 10.6 Å². The number of amides is 1. The summed E-state index contributed by atoms with van der Waals surface area (Å²) in [4.78, 5) is 21.7. The molecule has 2 aliphatic heterocycles. The molecular weight excluding hydrogens is 386 g/mol. The van der Waals surface area contributed by atoms with E-state index in [0.717, 1.165) is 17.4 Å². The van der Waals surface area contributed by atoms with Crippen LogP contribution in [0.2, 0.25) is 0 Å². The molecule has 1 amide bonds. The molecule has 0 spiro atoms. The van der Waals surface area contributed by atoms with E-state index in [4.69, 9.17) is 0 Å². The molecule has 158 valence electrons. The van der Waals surface area contributed by atoms with Crippen LogP contribution in [0.3, 0.4) is 0 Å². The lowest BCUT2D eigenvalue weighted by Gasteiger charge is -2.37. The number of carbonyl (C=O) groups excluding carboxylic acids is 1. The maximum Gasteiger partial charge on any atom is 0.265 e. The molecule has 28 heavy (non-hydrogen) atoms. The molecule has 0 bridgehead atoms. The number of anilines is 1. The SMILES string of the molecule is CCNc1nc(C)c(C(=O)N2CCC[C@@](O)(CN3CCC(F)(F)CC3)CC2)s1. The van der Waals surface area contributed by atoms with Gasteiger partial charge in [0.1, 0.15) is 4.88 Å². The Morgan fingerprint density at radius 1 is 1.21 bits per heavy atom. The van der Waals surface area contributed by atoms with Gasteiger partial charge in [-0.05, 0) is 33.1 Å². The number of hydrogen-bond donors (Lipinski definition) is 2. The molecule has 2 fully saturated rings. The van der Waals surface area contributed by atoms with Gasteiger partial charge in [-0.15, -0.1) is 0 Å². The second-order valence-corrected chi connectivity index (χ2v) is 8.97. The number of aliphatic hydroxyl groups is 1. The van der Waals surface area contributed by atoms with E-state index < -0.39 is 11.5 Å². The predicted octanol–water partition coefficient (Wildman–Crippen LogP) is 2.97. The van der Waals surface area contributed by atoms with E-state index in [-0.39, 0.29) is 18.7 Å². The minimum Gasteiger partial charge on any atom is -0.388 e. The van der Waals surface area contributed by atoms with Crippen LogP contribution in [0, 0.1) is 6.92 Å². The summed E-state index contributed by atoms with van der Waals surface area (Å²) in [6.07, 6.45) is 1.45. The molecular formula is C19H30F2N4O2S. The summed E-state index contributed by atoms with van der Waals surface area (Å²) in [6, 6.07) is 0. The number of hydrogen-bond acceptors (Lipinski definition) is 6. The predicted molar refractivity (Wildman–Crippen MR) is 106 cm³/mol. The lowest BCUT2D eigenvalue weighted by Crippen LogP contribution is -2.48. The zero-order valence-electron chi connectivity index (χ0n) is 16.6. The van der Waals surface area contributed by atoms with Crippen molar-refractivity contribution in [1.82, 2.24) is 14.8 Å². The zero-order valence-corrected chi connectivity index (χ0v) is 17.5. The van der Waals surface area contributed by atoms with Crippen molar-refractivity contribution >= 4 is 22.4 Å². The summed E-state index contributed by atoms with van der Waals surface area (Å²) in [6.45, 7) is 6.65. The van der Waals surface area contributed by atoms with Gasteiger partial charge in [-0.3, -0.25) is 4.79 Å². The van der Waals surface area contributed by atoms with Gasteiger partial charge < -0.3 is 20.2 Å². The van der Waals surface area contributed by atoms with Crippen molar-refractivity contribution < 1.29 is 18.7 Å². The molecule has 1 aromatic rings. The van der Waals surface area contributed by atoms with E-state index in [1.165, 1.54) is 11.3 Å². The Hall–Kier alpha value is -1.32. The molecule has 2 N–H and O–H groups in total. The number of alkyl halides is 2. The average molecular weight is 417 g/mol. The number of nitrogens with one attached hydrogen (secondary N) is 1. The standard InChI is InChI=1S/C19H30F2N4O2S/c1-3-22-17-23-14(2)15(28-17)16(26)25-9-4-5-18(27,6-12-25)13-24-10-7-19(20,21)8-11-24/h27H,3-13H2,1-2H3,(H,22,23)/t18-/m0/s1. The van der Waals surface area contributed by atoms with Crippen LogP contribution in [0.15, 0.2) is 0 Å². The van der Waals surface area contributed by atoms with Crippen LogP contribution in [0.4, 0.5) is 13.9 Å². The highest BCUT2D eigenvalue weighted by Crippen LogP contribution is 2.31. The van der Waals surface area contributed by atoms with Gasteiger partial charge >= 0.3 is 0 Å². The Kier molecular flexibility index (Phi) is 6.56. The first-order valence-corrected chi connectivity index (χ1v) is 10.9. The fourth-order valence-electron chi connectivity index (χ4n) is 3.96. The summed E-state index contributed by atoms with van der Waals surface area (Å²) >= 11 is 1.37. The fraction of sp³-hybridized carbons (Fsp3) is 0.789. The molecule has 6 nitrogen and oxygen atoms in total. The normalized spacial score (nSPS) is 26.1. The third kappa shape index (κ3) is 5.18. The van der Waals surface area contributed by atoms with E-state index in [9.17, 15) is 18.7 Å². The largest absolute Gasteiger partial charge is 0.388 e. The van der Waals surface area contributed by atoms with Gasteiger partial charge in [0, 0.05) is 52.1 Å². The van der Waals surface area contributed by atoms with Gasteiger partial charge in [-0.2, -0.15) is 0 Å². The summed E-state index contributed by atoms with van der Waals surface area (Å²) in [7, 11) is 0. The van der Waals surface area contributed by atoms with Crippen LogP contribution in [-0.2, 0) is 0 Å². The van der Waals surface area contributed by atoms with Crippen LogP contribution in [0.5, 0.6) is 0 Å². The summed E-state index contributed by atoms with van der Waals surface area (Å²) < 4.78 is 26.7. The number of nitrogens with zero attached hydrogens (tertiary/aromatic N) is 3. The molecule has 0 aromatic carbocycles. The number of likely N-dealkylation sites (tertiary alicyclic amines) is 2. The van der Waals surface area contributed by atoms with Crippen molar-refractivity contribution in [3.8, 4) is 0 Å². The van der Waals surface area contributed by atoms with Crippen molar-refractivity contribution in [3.63, 3.8) is 0 Å². The molecule has 2 saturated heterocycles. The molecule has 0 unspecified atom stereocenters. The van der Waals surface area contributed by atoms with Gasteiger partial charge in [0.2, 0.25) is 0 Å². The highest BCUT2D eigenvalue weighted by Gasteiger charge is 2.38. The Morgan fingerprint density at radius 3 is 2.61 bits per heavy atom. The Labute approximate surface area is 168 Å². The molecule has 2 aliphatic rings. The number of piperidine rings is 1. The Balaban J connectivity index is 1.59. The first-order valence-electron chi connectivity index (χ1n) is 10.0. The van der Waals surface area contributed by atoms with Crippen molar-refractivity contribution in [2.75, 3.05) is 44.6 Å². The average Bonchev–Trinajstić information content (AvgIpc) is 2.88. The molecule has 9 heteroatoms. The van der Waals surface area contributed by atoms with E-state index in [2.05, 4.69) is 10.3 Å². The third-order valence-corrected chi connectivity index (χ3v) is 6.73. The monoisotopic (exact) mass is 416 g/mol. The molecule has 1 aromatic heterocycles. The molecule has 0 radical (unpaired) electrons. The van der Waals surface area contributed by atoms with Gasteiger partial charge in [0.15, 0.2) is 5.13 Å². The molecule has 3 heterocycles. The van der Waals surface area contributed by atoms with Crippen molar-refractivity contribution in [2.45, 2.75) is 57.5 Å². The van der Waals surface area contributed by atoms with Crippen molar-refractivity contribution in [1.29, 1.82) is 0 Å². The van der Waals surface area contributed by atoms with E-state index >= 15 is 0 Å². The minimum atomic E-state index is -2.58. The van der Waals surface area contributed by atoms with Crippen LogP contribution in [0.1, 0.15) is 54.4 Å². The van der Waals surface area contributed by atoms with E-state index in [0.29, 0.717) is 56.9 Å². The summed E-state index contributed by atoms with van der Waals surface area (Å²) in [5.74, 6) is -2.62.